The van der Waals surface area contributed by atoms with Crippen molar-refractivity contribution in [3.05, 3.63) is 59.8 Å². The number of alkyl halides is 8. The molecule has 0 saturated carbocycles. The minimum atomic E-state index is -5.19. The summed E-state index contributed by atoms with van der Waals surface area (Å²) in [5.41, 5.74) is 0.0712. The van der Waals surface area contributed by atoms with E-state index in [9.17, 15) is 39.9 Å². The Morgan fingerprint density at radius 1 is 1.00 bits per heavy atom. The van der Waals surface area contributed by atoms with Crippen molar-refractivity contribution in [3.8, 4) is 0 Å². The molecule has 3 aromatic heterocycles. The van der Waals surface area contributed by atoms with Gasteiger partial charge in [0.05, 0.1) is 31.4 Å². The van der Waals surface area contributed by atoms with Crippen LogP contribution in [0.2, 0.25) is 0 Å². The number of hydrogen-bond donors (Lipinski definition) is 2. The average Bonchev–Trinajstić information content (AvgIpc) is 3.18. The standard InChI is InChI=1S/C20H18F5N5O.C2HF3O2/c21-19(22)7-10-29(11-8-19)12-13-14-4-1-2-9-30(14)17(26-13)18(31)28-16-6-3-5-15(27-16)20(23,24)25;3-2(4,5)1(6)7/h1-6,9H,7-8,10-12H2,(H,27,28,31);(H,6,7). The van der Waals surface area contributed by atoms with Gasteiger partial charge in [-0.25, -0.2) is 18.7 Å². The molecule has 0 aliphatic carbocycles. The second kappa shape index (κ2) is 10.9. The lowest BCUT2D eigenvalue weighted by Gasteiger charge is -2.28. The number of imidazole rings is 1. The number of amides is 1. The number of nitrogens with zero attached hydrogens (tertiary/aromatic N) is 3. The van der Waals surface area contributed by atoms with Crippen LogP contribution in [0.1, 0.15) is 34.8 Å². The van der Waals surface area contributed by atoms with Gasteiger partial charge in [-0.05, 0) is 24.3 Å². The van der Waals surface area contributed by atoms with E-state index in [0.717, 1.165) is 17.0 Å². The van der Waals surface area contributed by atoms with Crippen LogP contribution in [0.4, 0.5) is 40.9 Å². The fourth-order valence-electron chi connectivity index (χ4n) is 3.61. The number of aliphatic carboxylic acids is 1. The summed E-state index contributed by atoms with van der Waals surface area (Å²) >= 11 is 0. The fourth-order valence-corrected chi connectivity index (χ4v) is 3.61. The SMILES string of the molecule is O=C(Nc1cccc(C(F)(F)F)n1)c1nc(C[NH+]2CCC(F)(F)CC2)c2ccccn12.O=C([O-])C(F)(F)F. The summed E-state index contributed by atoms with van der Waals surface area (Å²) in [6.07, 6.45) is -8.63. The molecule has 0 aromatic carbocycles. The summed E-state index contributed by atoms with van der Waals surface area (Å²) in [6.45, 7) is 0.932. The van der Waals surface area contributed by atoms with Crippen LogP contribution in [0.15, 0.2) is 42.6 Å². The topological polar surface area (TPSA) is 104 Å². The lowest BCUT2D eigenvalue weighted by atomic mass is 10.1. The van der Waals surface area contributed by atoms with Crippen molar-refractivity contribution in [2.75, 3.05) is 18.4 Å². The van der Waals surface area contributed by atoms with Crippen LogP contribution < -0.4 is 15.3 Å². The lowest BCUT2D eigenvalue weighted by molar-refractivity contribution is -0.921. The highest BCUT2D eigenvalue weighted by Crippen LogP contribution is 2.28. The third-order valence-corrected chi connectivity index (χ3v) is 5.45. The van der Waals surface area contributed by atoms with Crippen molar-refractivity contribution in [1.29, 1.82) is 0 Å². The molecule has 1 amide bonds. The molecule has 0 bridgehead atoms. The summed E-state index contributed by atoms with van der Waals surface area (Å²) < 4.78 is 98.5. The number of carbonyl (C=O) groups excluding carboxylic acids is 2. The number of halogens is 8. The van der Waals surface area contributed by atoms with Gasteiger partial charge in [0, 0.05) is 6.20 Å². The Morgan fingerprint density at radius 3 is 2.21 bits per heavy atom. The number of carboxylic acids is 1. The first kappa shape index (κ1) is 28.7. The highest BCUT2D eigenvalue weighted by molar-refractivity contribution is 6.02. The van der Waals surface area contributed by atoms with Crippen LogP contribution in [-0.2, 0) is 17.5 Å². The normalized spacial score (nSPS) is 16.0. The molecule has 8 nitrogen and oxygen atoms in total. The van der Waals surface area contributed by atoms with Crippen LogP contribution in [0.25, 0.3) is 5.52 Å². The van der Waals surface area contributed by atoms with Gasteiger partial charge in [-0.15, -0.1) is 0 Å². The van der Waals surface area contributed by atoms with Gasteiger partial charge in [0.15, 0.2) is 0 Å². The van der Waals surface area contributed by atoms with Crippen molar-refractivity contribution in [3.63, 3.8) is 0 Å². The highest BCUT2D eigenvalue weighted by Gasteiger charge is 2.37. The maximum atomic E-state index is 13.4. The molecule has 0 radical (unpaired) electrons. The van der Waals surface area contributed by atoms with Gasteiger partial charge in [-0.2, -0.15) is 26.3 Å². The number of aromatic nitrogens is 3. The van der Waals surface area contributed by atoms with E-state index in [0.29, 0.717) is 17.8 Å². The second-order valence-electron chi connectivity index (χ2n) is 8.27. The fraction of sp³-hybridized carbons (Fsp3) is 0.364. The molecule has 3 aromatic rings. The first-order chi connectivity index (χ1) is 17.6. The van der Waals surface area contributed by atoms with E-state index in [4.69, 9.17) is 9.90 Å². The van der Waals surface area contributed by atoms with Gasteiger partial charge in [0.25, 0.3) is 11.8 Å². The van der Waals surface area contributed by atoms with E-state index in [2.05, 4.69) is 15.3 Å². The van der Waals surface area contributed by atoms with Crippen molar-refractivity contribution in [1.82, 2.24) is 14.4 Å². The van der Waals surface area contributed by atoms with Crippen LogP contribution in [0, 0.1) is 0 Å². The predicted molar refractivity (Wildman–Crippen MR) is 112 cm³/mol. The summed E-state index contributed by atoms with van der Waals surface area (Å²) in [7, 11) is 0. The molecule has 1 aliphatic rings. The van der Waals surface area contributed by atoms with Gasteiger partial charge in [0.2, 0.25) is 5.82 Å². The zero-order chi connectivity index (χ0) is 28.3. The Morgan fingerprint density at radius 2 is 1.63 bits per heavy atom. The number of piperidine rings is 1. The van der Waals surface area contributed by atoms with E-state index in [1.54, 1.807) is 24.4 Å². The third kappa shape index (κ3) is 7.36. The minimum Gasteiger partial charge on any atom is -0.542 e. The van der Waals surface area contributed by atoms with E-state index >= 15 is 0 Å². The molecule has 0 unspecified atom stereocenters. The Labute approximate surface area is 208 Å². The molecule has 2 N–H and O–H groups in total. The van der Waals surface area contributed by atoms with Gasteiger partial charge >= 0.3 is 12.4 Å². The number of nitrogens with one attached hydrogen (secondary N) is 2. The molecule has 1 saturated heterocycles. The smallest absolute Gasteiger partial charge is 0.433 e. The summed E-state index contributed by atoms with van der Waals surface area (Å²) in [5, 5.41) is 11.1. The molecule has 1 fully saturated rings. The molecule has 4 rings (SSSR count). The van der Waals surface area contributed by atoms with Gasteiger partial charge in [0.1, 0.15) is 29.7 Å². The molecular formula is C22H19F8N5O3. The van der Waals surface area contributed by atoms with Crippen molar-refractivity contribution in [2.24, 2.45) is 0 Å². The Balaban J connectivity index is 0.000000505. The Hall–Kier alpha value is -3.82. The number of quaternary nitrogens is 1. The first-order valence-electron chi connectivity index (χ1n) is 10.9. The molecule has 4 heterocycles. The zero-order valence-electron chi connectivity index (χ0n) is 19.2. The predicted octanol–water partition coefficient (Wildman–Crippen LogP) is 2.11. The number of hydrogen-bond acceptors (Lipinski definition) is 5. The van der Waals surface area contributed by atoms with Crippen LogP contribution in [-0.4, -0.2) is 51.4 Å². The molecule has 1 aliphatic heterocycles. The number of carboxylic acid groups (broad SMARTS) is 1. The number of fused-ring (bicyclic) bond motifs is 1. The number of carbonyl (C=O) groups is 2. The minimum absolute atomic E-state index is 0.0217. The molecule has 0 spiro atoms. The number of rotatable bonds is 4. The maximum Gasteiger partial charge on any atom is 0.433 e. The lowest BCUT2D eigenvalue weighted by Crippen LogP contribution is -3.12. The van der Waals surface area contributed by atoms with Gasteiger partial charge < -0.3 is 20.1 Å². The summed E-state index contributed by atoms with van der Waals surface area (Å²) in [5.74, 6) is -6.65. The quantitative estimate of drug-likeness (QED) is 0.482. The van der Waals surface area contributed by atoms with Crippen molar-refractivity contribution < 1.29 is 54.7 Å². The Bertz CT molecular complexity index is 1300. The average molecular weight is 553 g/mol. The molecule has 0 atom stereocenters. The largest absolute Gasteiger partial charge is 0.542 e. The van der Waals surface area contributed by atoms with E-state index < -0.39 is 35.8 Å². The van der Waals surface area contributed by atoms with Crippen molar-refractivity contribution >= 4 is 23.2 Å². The van der Waals surface area contributed by atoms with Crippen LogP contribution >= 0.6 is 0 Å². The first-order valence-corrected chi connectivity index (χ1v) is 10.9. The van der Waals surface area contributed by atoms with E-state index in [-0.39, 0.29) is 37.6 Å². The van der Waals surface area contributed by atoms with Gasteiger partial charge in [-0.3, -0.25) is 9.20 Å². The monoisotopic (exact) mass is 553 g/mol. The maximum absolute atomic E-state index is 13.4. The van der Waals surface area contributed by atoms with Crippen molar-refractivity contribution in [2.45, 2.75) is 37.7 Å². The van der Waals surface area contributed by atoms with E-state index in [1.165, 1.54) is 10.5 Å². The molecule has 38 heavy (non-hydrogen) atoms. The number of pyridine rings is 2. The highest BCUT2D eigenvalue weighted by atomic mass is 19.4. The van der Waals surface area contributed by atoms with Crippen LogP contribution in [0.5, 0.6) is 0 Å². The zero-order valence-corrected chi connectivity index (χ0v) is 19.2. The van der Waals surface area contributed by atoms with Crippen LogP contribution in [0.3, 0.4) is 0 Å². The Kier molecular flexibility index (Phi) is 8.24. The second-order valence-corrected chi connectivity index (χ2v) is 8.27. The summed E-state index contributed by atoms with van der Waals surface area (Å²) in [4.78, 5) is 30.3. The van der Waals surface area contributed by atoms with Gasteiger partial charge in [-0.1, -0.05) is 12.1 Å². The number of anilines is 1. The molecule has 16 heteroatoms. The molecular weight excluding hydrogens is 534 g/mol. The molecule has 206 valence electrons. The summed E-state index contributed by atoms with van der Waals surface area (Å²) in [6, 6.07) is 8.41. The third-order valence-electron chi connectivity index (χ3n) is 5.45. The van der Waals surface area contributed by atoms with E-state index in [1.807, 2.05) is 0 Å². The number of likely N-dealkylation sites (tertiary alicyclic amines) is 1.